The number of hydrogen-bond donors (Lipinski definition) is 1. The van der Waals surface area contributed by atoms with Crippen LogP contribution in [0.3, 0.4) is 0 Å². The van der Waals surface area contributed by atoms with Gasteiger partial charge < -0.3 is 19.5 Å². The number of anilines is 1. The largest absolute Gasteiger partial charge is 0.471 e. The SMILES string of the molecule is CN(C)c1cncc(OC2CCN(C(=O)CSc3c[nH]c4ccccc34)C2)n1. The molecule has 8 heteroatoms. The summed E-state index contributed by atoms with van der Waals surface area (Å²) < 4.78 is 5.95. The first kappa shape index (κ1) is 18.6. The summed E-state index contributed by atoms with van der Waals surface area (Å²) in [6, 6.07) is 8.12. The number of para-hydroxylation sites is 1. The lowest BCUT2D eigenvalue weighted by Crippen LogP contribution is -2.32. The zero-order valence-electron chi connectivity index (χ0n) is 16.0. The number of nitrogens with zero attached hydrogens (tertiary/aromatic N) is 4. The molecule has 0 saturated carbocycles. The van der Waals surface area contributed by atoms with Crippen LogP contribution in [0.4, 0.5) is 5.82 Å². The molecule has 1 fully saturated rings. The maximum Gasteiger partial charge on any atom is 0.234 e. The van der Waals surface area contributed by atoms with Crippen molar-refractivity contribution in [2.75, 3.05) is 37.8 Å². The monoisotopic (exact) mass is 397 g/mol. The van der Waals surface area contributed by atoms with E-state index in [0.717, 1.165) is 28.0 Å². The topological polar surface area (TPSA) is 74.3 Å². The van der Waals surface area contributed by atoms with E-state index in [4.69, 9.17) is 4.74 Å². The summed E-state index contributed by atoms with van der Waals surface area (Å²) in [6.45, 7) is 1.29. The molecule has 146 valence electrons. The van der Waals surface area contributed by atoms with Gasteiger partial charge in [-0.1, -0.05) is 18.2 Å². The number of carbonyl (C=O) groups is 1. The Bertz CT molecular complexity index is 974. The summed E-state index contributed by atoms with van der Waals surface area (Å²) in [5, 5.41) is 1.15. The van der Waals surface area contributed by atoms with Crippen LogP contribution in [-0.4, -0.2) is 64.8 Å². The molecule has 2 aromatic heterocycles. The van der Waals surface area contributed by atoms with Crippen LogP contribution < -0.4 is 9.64 Å². The number of ether oxygens (including phenoxy) is 1. The van der Waals surface area contributed by atoms with Crippen molar-refractivity contribution < 1.29 is 9.53 Å². The van der Waals surface area contributed by atoms with Gasteiger partial charge in [-0.05, 0) is 6.07 Å². The Hall–Kier alpha value is -2.74. The van der Waals surface area contributed by atoms with Crippen molar-refractivity contribution in [3.8, 4) is 5.88 Å². The van der Waals surface area contributed by atoms with E-state index in [2.05, 4.69) is 21.0 Å². The van der Waals surface area contributed by atoms with Gasteiger partial charge in [0.25, 0.3) is 0 Å². The quantitative estimate of drug-likeness (QED) is 0.645. The minimum atomic E-state index is -0.0475. The van der Waals surface area contributed by atoms with Crippen LogP contribution in [0, 0.1) is 0 Å². The van der Waals surface area contributed by atoms with Crippen molar-refractivity contribution in [3.05, 3.63) is 42.9 Å². The molecule has 0 spiro atoms. The number of thioether (sulfide) groups is 1. The molecular formula is C20H23N5O2S. The fraction of sp³-hybridized carbons (Fsp3) is 0.350. The summed E-state index contributed by atoms with van der Waals surface area (Å²) in [5.41, 5.74) is 1.09. The molecule has 1 atom stereocenters. The number of fused-ring (bicyclic) bond motifs is 1. The molecular weight excluding hydrogens is 374 g/mol. The van der Waals surface area contributed by atoms with Crippen molar-refractivity contribution in [3.63, 3.8) is 0 Å². The van der Waals surface area contributed by atoms with Crippen molar-refractivity contribution in [2.24, 2.45) is 0 Å². The standard InChI is InChI=1S/C20H23N5O2S/c1-24(2)18-10-21-11-19(23-18)27-14-7-8-25(12-14)20(26)13-28-17-9-22-16-6-4-3-5-15(16)17/h3-6,9-11,14,22H,7-8,12-13H2,1-2H3. The van der Waals surface area contributed by atoms with Crippen LogP contribution in [0.1, 0.15) is 6.42 Å². The number of likely N-dealkylation sites (tertiary alicyclic amines) is 1. The molecule has 3 heterocycles. The van der Waals surface area contributed by atoms with Crippen LogP contribution in [0.2, 0.25) is 0 Å². The third-order valence-electron chi connectivity index (χ3n) is 4.75. The molecule has 0 radical (unpaired) electrons. The van der Waals surface area contributed by atoms with Crippen LogP contribution in [-0.2, 0) is 4.79 Å². The van der Waals surface area contributed by atoms with E-state index in [0.29, 0.717) is 24.7 Å². The minimum Gasteiger partial charge on any atom is -0.471 e. The molecule has 1 amide bonds. The maximum absolute atomic E-state index is 12.6. The Morgan fingerprint density at radius 3 is 3.07 bits per heavy atom. The predicted octanol–water partition coefficient (Wildman–Crippen LogP) is 2.80. The Labute approximate surface area is 168 Å². The Morgan fingerprint density at radius 2 is 2.21 bits per heavy atom. The molecule has 7 nitrogen and oxygen atoms in total. The van der Waals surface area contributed by atoms with Gasteiger partial charge in [-0.15, -0.1) is 11.8 Å². The summed E-state index contributed by atoms with van der Waals surface area (Å²) in [4.78, 5) is 29.3. The molecule has 1 N–H and O–H groups in total. The van der Waals surface area contributed by atoms with E-state index in [9.17, 15) is 4.79 Å². The van der Waals surface area contributed by atoms with Crippen LogP contribution in [0.25, 0.3) is 10.9 Å². The third-order valence-corrected chi connectivity index (χ3v) is 5.79. The van der Waals surface area contributed by atoms with Gasteiger partial charge in [0.2, 0.25) is 11.8 Å². The normalized spacial score (nSPS) is 16.5. The molecule has 1 unspecified atom stereocenters. The van der Waals surface area contributed by atoms with Gasteiger partial charge in [0.1, 0.15) is 6.10 Å². The number of aromatic nitrogens is 3. The molecule has 1 aliphatic heterocycles. The molecule has 28 heavy (non-hydrogen) atoms. The molecule has 0 aliphatic carbocycles. The zero-order chi connectivity index (χ0) is 19.5. The Kier molecular flexibility index (Phi) is 5.38. The number of nitrogens with one attached hydrogen (secondary N) is 1. The van der Waals surface area contributed by atoms with Crippen molar-refractivity contribution >= 4 is 34.4 Å². The molecule has 1 aliphatic rings. The highest BCUT2D eigenvalue weighted by Gasteiger charge is 2.28. The van der Waals surface area contributed by atoms with Gasteiger partial charge in [-0.3, -0.25) is 9.78 Å². The van der Waals surface area contributed by atoms with E-state index >= 15 is 0 Å². The average Bonchev–Trinajstić information content (AvgIpc) is 3.33. The van der Waals surface area contributed by atoms with Crippen molar-refractivity contribution in [1.29, 1.82) is 0 Å². The maximum atomic E-state index is 12.6. The van der Waals surface area contributed by atoms with E-state index < -0.39 is 0 Å². The zero-order valence-corrected chi connectivity index (χ0v) is 16.8. The van der Waals surface area contributed by atoms with Gasteiger partial charge in [0.05, 0.1) is 24.7 Å². The molecule has 0 bridgehead atoms. The summed E-state index contributed by atoms with van der Waals surface area (Å²) in [7, 11) is 3.82. The molecule has 4 rings (SSSR count). The second kappa shape index (κ2) is 8.10. The lowest BCUT2D eigenvalue weighted by Gasteiger charge is -2.17. The fourth-order valence-electron chi connectivity index (χ4n) is 3.23. The minimum absolute atomic E-state index is 0.0475. The number of aromatic amines is 1. The third kappa shape index (κ3) is 4.06. The number of carbonyl (C=O) groups excluding carboxylic acids is 1. The summed E-state index contributed by atoms with van der Waals surface area (Å²) in [6.07, 6.45) is 6.03. The van der Waals surface area contributed by atoms with E-state index in [1.165, 1.54) is 0 Å². The van der Waals surface area contributed by atoms with Crippen LogP contribution in [0.5, 0.6) is 5.88 Å². The van der Waals surface area contributed by atoms with E-state index in [1.54, 1.807) is 24.2 Å². The first-order valence-corrected chi connectivity index (χ1v) is 10.2. The van der Waals surface area contributed by atoms with E-state index in [1.807, 2.05) is 48.3 Å². The van der Waals surface area contributed by atoms with Crippen LogP contribution >= 0.6 is 11.8 Å². The van der Waals surface area contributed by atoms with Crippen molar-refractivity contribution in [1.82, 2.24) is 19.9 Å². The number of benzene rings is 1. The average molecular weight is 398 g/mol. The van der Waals surface area contributed by atoms with Crippen LogP contribution in [0.15, 0.2) is 47.8 Å². The van der Waals surface area contributed by atoms with Crippen molar-refractivity contribution in [2.45, 2.75) is 17.4 Å². The van der Waals surface area contributed by atoms with E-state index in [-0.39, 0.29) is 12.0 Å². The predicted molar refractivity (Wildman–Crippen MR) is 111 cm³/mol. The number of amides is 1. The summed E-state index contributed by atoms with van der Waals surface area (Å²) >= 11 is 1.57. The molecule has 1 saturated heterocycles. The van der Waals surface area contributed by atoms with Gasteiger partial charge in [-0.2, -0.15) is 4.98 Å². The number of H-pyrrole nitrogens is 1. The molecule has 3 aromatic rings. The number of rotatable bonds is 6. The van der Waals surface area contributed by atoms with Gasteiger partial charge in [-0.25, -0.2) is 0 Å². The Morgan fingerprint density at radius 1 is 1.36 bits per heavy atom. The first-order valence-electron chi connectivity index (χ1n) is 9.23. The lowest BCUT2D eigenvalue weighted by molar-refractivity contribution is -0.127. The lowest BCUT2D eigenvalue weighted by atomic mass is 10.2. The highest BCUT2D eigenvalue weighted by Crippen LogP contribution is 2.28. The second-order valence-electron chi connectivity index (χ2n) is 6.97. The first-order chi connectivity index (χ1) is 13.6. The second-order valence-corrected chi connectivity index (χ2v) is 7.98. The summed E-state index contributed by atoms with van der Waals surface area (Å²) in [5.74, 6) is 1.80. The molecule has 1 aromatic carbocycles. The highest BCUT2D eigenvalue weighted by atomic mass is 32.2. The van der Waals surface area contributed by atoms with Gasteiger partial charge in [0, 0.05) is 49.1 Å². The highest BCUT2D eigenvalue weighted by molar-refractivity contribution is 8.00. The Balaban J connectivity index is 1.31. The fourth-order valence-corrected chi connectivity index (χ4v) is 4.16. The smallest absolute Gasteiger partial charge is 0.234 e. The number of hydrogen-bond acceptors (Lipinski definition) is 6. The van der Waals surface area contributed by atoms with Gasteiger partial charge in [0.15, 0.2) is 5.82 Å². The van der Waals surface area contributed by atoms with Gasteiger partial charge >= 0.3 is 0 Å².